The van der Waals surface area contributed by atoms with Crippen LogP contribution in [0.4, 0.5) is 0 Å². The molecule has 5 nitrogen and oxygen atoms in total. The molecular weight excluding hydrogens is 264 g/mol. The summed E-state index contributed by atoms with van der Waals surface area (Å²) in [5.74, 6) is -0.116. The van der Waals surface area contributed by atoms with Crippen LogP contribution >= 0.6 is 0 Å². The molecule has 0 saturated carbocycles. The van der Waals surface area contributed by atoms with Gasteiger partial charge in [-0.2, -0.15) is 0 Å². The van der Waals surface area contributed by atoms with E-state index in [1.54, 1.807) is 24.3 Å². The summed E-state index contributed by atoms with van der Waals surface area (Å²) < 4.78 is 26.6. The van der Waals surface area contributed by atoms with E-state index < -0.39 is 10.0 Å². The number of carbonyl (C=O) groups is 1. The molecule has 0 fully saturated rings. The normalized spacial score (nSPS) is 13.0. The Morgan fingerprint density at radius 2 is 1.84 bits per heavy atom. The van der Waals surface area contributed by atoms with Crippen molar-refractivity contribution in [3.8, 4) is 0 Å². The van der Waals surface area contributed by atoms with E-state index in [4.69, 9.17) is 0 Å². The van der Waals surface area contributed by atoms with Gasteiger partial charge in [-0.1, -0.05) is 19.1 Å². The van der Waals surface area contributed by atoms with E-state index in [2.05, 4.69) is 10.0 Å². The maximum absolute atomic E-state index is 12.0. The second-order valence-electron chi connectivity index (χ2n) is 4.48. The zero-order valence-corrected chi connectivity index (χ0v) is 12.3. The molecular formula is C13H20N2O3S. The van der Waals surface area contributed by atoms with Crippen molar-refractivity contribution in [3.63, 3.8) is 0 Å². The van der Waals surface area contributed by atoms with Crippen molar-refractivity contribution >= 4 is 15.9 Å². The molecule has 1 aromatic rings. The summed E-state index contributed by atoms with van der Waals surface area (Å²) in [5, 5.41) is 2.66. The molecule has 6 heteroatoms. The van der Waals surface area contributed by atoms with Crippen molar-refractivity contribution in [2.24, 2.45) is 0 Å². The lowest BCUT2D eigenvalue weighted by Crippen LogP contribution is -2.32. The topological polar surface area (TPSA) is 75.3 Å². The highest BCUT2D eigenvalue weighted by Gasteiger charge is 2.15. The van der Waals surface area contributed by atoms with Crippen LogP contribution in [0.2, 0.25) is 0 Å². The van der Waals surface area contributed by atoms with Crippen LogP contribution in [0.25, 0.3) is 0 Å². The molecule has 0 bridgehead atoms. The van der Waals surface area contributed by atoms with Crippen LogP contribution in [-0.2, 0) is 21.4 Å². The number of amides is 1. The van der Waals surface area contributed by atoms with Gasteiger partial charge in [0.25, 0.3) is 0 Å². The highest BCUT2D eigenvalue weighted by Crippen LogP contribution is 2.11. The lowest BCUT2D eigenvalue weighted by Gasteiger charge is -2.12. The highest BCUT2D eigenvalue weighted by molar-refractivity contribution is 7.89. The summed E-state index contributed by atoms with van der Waals surface area (Å²) in [7, 11) is -3.46. The van der Waals surface area contributed by atoms with E-state index >= 15 is 0 Å². The van der Waals surface area contributed by atoms with Crippen molar-refractivity contribution in [2.75, 3.05) is 0 Å². The average molecular weight is 284 g/mol. The summed E-state index contributed by atoms with van der Waals surface area (Å²) in [6.45, 7) is 5.58. The van der Waals surface area contributed by atoms with Gasteiger partial charge in [-0.05, 0) is 31.0 Å². The van der Waals surface area contributed by atoms with Crippen LogP contribution in [0.5, 0.6) is 0 Å². The summed E-state index contributed by atoms with van der Waals surface area (Å²) >= 11 is 0. The lowest BCUT2D eigenvalue weighted by atomic mass is 10.2. The standard InChI is InChI=1S/C13H20N2O3S/c1-4-10(2)15-19(17,18)13-7-5-12(6-8-13)9-14-11(3)16/h5-8,10,15H,4,9H2,1-3H3,(H,14,16)/t10-/m1/s1. The van der Waals surface area contributed by atoms with Crippen molar-refractivity contribution in [2.45, 2.75) is 44.7 Å². The molecule has 0 aliphatic carbocycles. The Kier molecular flexibility index (Phi) is 5.50. The summed E-state index contributed by atoms with van der Waals surface area (Å²) in [6, 6.07) is 6.38. The SMILES string of the molecule is CC[C@@H](C)NS(=O)(=O)c1ccc(CNC(C)=O)cc1. The van der Waals surface area contributed by atoms with Crippen molar-refractivity contribution in [1.29, 1.82) is 0 Å². The molecule has 106 valence electrons. The van der Waals surface area contributed by atoms with E-state index in [0.717, 1.165) is 12.0 Å². The van der Waals surface area contributed by atoms with Crippen LogP contribution in [0.3, 0.4) is 0 Å². The smallest absolute Gasteiger partial charge is 0.240 e. The number of rotatable bonds is 6. The average Bonchev–Trinajstić information content (AvgIpc) is 2.36. The molecule has 0 saturated heterocycles. The third-order valence-electron chi connectivity index (χ3n) is 2.74. The monoisotopic (exact) mass is 284 g/mol. The minimum absolute atomic E-state index is 0.0935. The van der Waals surface area contributed by atoms with Crippen molar-refractivity contribution in [1.82, 2.24) is 10.0 Å². The van der Waals surface area contributed by atoms with Gasteiger partial charge in [0, 0.05) is 19.5 Å². The fourth-order valence-electron chi connectivity index (χ4n) is 1.43. The van der Waals surface area contributed by atoms with E-state index in [1.807, 2.05) is 13.8 Å². The predicted molar refractivity (Wildman–Crippen MR) is 74.0 cm³/mol. The zero-order chi connectivity index (χ0) is 14.5. The number of hydrogen-bond donors (Lipinski definition) is 2. The van der Waals surface area contributed by atoms with Crippen LogP contribution in [0, 0.1) is 0 Å². The maximum atomic E-state index is 12.0. The first-order valence-electron chi connectivity index (χ1n) is 6.21. The summed E-state index contributed by atoms with van der Waals surface area (Å²) in [5.41, 5.74) is 0.859. The molecule has 19 heavy (non-hydrogen) atoms. The zero-order valence-electron chi connectivity index (χ0n) is 11.4. The molecule has 0 aliphatic heterocycles. The molecule has 1 amide bonds. The van der Waals surface area contributed by atoms with E-state index in [1.165, 1.54) is 6.92 Å². The molecule has 0 spiro atoms. The van der Waals surface area contributed by atoms with E-state index in [-0.39, 0.29) is 16.8 Å². The Balaban J connectivity index is 2.77. The third-order valence-corrected chi connectivity index (χ3v) is 4.35. The molecule has 2 N–H and O–H groups in total. The Hall–Kier alpha value is -1.40. The number of hydrogen-bond acceptors (Lipinski definition) is 3. The van der Waals surface area contributed by atoms with Crippen LogP contribution in [0.15, 0.2) is 29.2 Å². The van der Waals surface area contributed by atoms with Crippen molar-refractivity contribution < 1.29 is 13.2 Å². The molecule has 0 aliphatic rings. The van der Waals surface area contributed by atoms with Gasteiger partial charge >= 0.3 is 0 Å². The Morgan fingerprint density at radius 3 is 2.32 bits per heavy atom. The first kappa shape index (κ1) is 15.7. The highest BCUT2D eigenvalue weighted by atomic mass is 32.2. The van der Waals surface area contributed by atoms with Gasteiger partial charge in [-0.3, -0.25) is 4.79 Å². The quantitative estimate of drug-likeness (QED) is 0.829. The lowest BCUT2D eigenvalue weighted by molar-refractivity contribution is -0.119. The van der Waals surface area contributed by atoms with E-state index in [0.29, 0.717) is 6.54 Å². The fraction of sp³-hybridized carbons (Fsp3) is 0.462. The molecule has 1 atom stereocenters. The molecule has 0 radical (unpaired) electrons. The molecule has 0 unspecified atom stereocenters. The number of nitrogens with one attached hydrogen (secondary N) is 2. The Morgan fingerprint density at radius 1 is 1.26 bits per heavy atom. The van der Waals surface area contributed by atoms with Crippen molar-refractivity contribution in [3.05, 3.63) is 29.8 Å². The largest absolute Gasteiger partial charge is 0.352 e. The second-order valence-corrected chi connectivity index (χ2v) is 6.20. The minimum atomic E-state index is -3.46. The Labute approximate surface area is 114 Å². The number of benzene rings is 1. The van der Waals surface area contributed by atoms with Gasteiger partial charge in [-0.25, -0.2) is 13.1 Å². The van der Waals surface area contributed by atoms with Crippen LogP contribution < -0.4 is 10.0 Å². The molecule has 1 aromatic carbocycles. The molecule has 0 heterocycles. The maximum Gasteiger partial charge on any atom is 0.240 e. The predicted octanol–water partition coefficient (Wildman–Crippen LogP) is 1.40. The first-order chi connectivity index (χ1) is 8.85. The summed E-state index contributed by atoms with van der Waals surface area (Å²) in [6.07, 6.45) is 0.736. The van der Waals surface area contributed by atoms with Gasteiger partial charge in [0.15, 0.2) is 0 Å². The van der Waals surface area contributed by atoms with Gasteiger partial charge in [0.05, 0.1) is 4.90 Å². The van der Waals surface area contributed by atoms with E-state index in [9.17, 15) is 13.2 Å². The fourth-order valence-corrected chi connectivity index (χ4v) is 2.76. The summed E-state index contributed by atoms with van der Waals surface area (Å²) in [4.78, 5) is 11.0. The van der Waals surface area contributed by atoms with Crippen LogP contribution in [0.1, 0.15) is 32.8 Å². The first-order valence-corrected chi connectivity index (χ1v) is 7.69. The number of sulfonamides is 1. The minimum Gasteiger partial charge on any atom is -0.352 e. The van der Waals surface area contributed by atoms with Crippen LogP contribution in [-0.4, -0.2) is 20.4 Å². The second kappa shape index (κ2) is 6.68. The van der Waals surface area contributed by atoms with Gasteiger partial charge in [0.1, 0.15) is 0 Å². The van der Waals surface area contributed by atoms with Gasteiger partial charge in [0.2, 0.25) is 15.9 Å². The molecule has 0 aromatic heterocycles. The van der Waals surface area contributed by atoms with Gasteiger partial charge in [-0.15, -0.1) is 0 Å². The van der Waals surface area contributed by atoms with Gasteiger partial charge < -0.3 is 5.32 Å². The molecule has 1 rings (SSSR count). The Bertz CT molecular complexity index is 523. The number of carbonyl (C=O) groups excluding carboxylic acids is 1. The third kappa shape index (κ3) is 5.00.